The Balaban J connectivity index is 1.53. The first kappa shape index (κ1) is 25.6. The number of carbonyl (C=O) groups excluding carboxylic acids is 3. The number of hydrogen-bond donors (Lipinski definition) is 2. The molecule has 0 saturated heterocycles. The van der Waals surface area contributed by atoms with Gasteiger partial charge in [0, 0.05) is 4.90 Å². The Morgan fingerprint density at radius 3 is 1.94 bits per heavy atom. The number of nitrogens with zero attached hydrogens (tertiary/aromatic N) is 2. The second kappa shape index (κ2) is 11.9. The lowest BCUT2D eigenvalue weighted by molar-refractivity contribution is -0.126. The van der Waals surface area contributed by atoms with Crippen molar-refractivity contribution in [3.63, 3.8) is 0 Å². The molecule has 34 heavy (non-hydrogen) atoms. The standard InChI is InChI=1S/C25H30N4O4S/c26-17-24(11-5-1-6-12-24)28-21(30)15-33-23(32)19-9-3-4-10-20(19)34-16-22(31)29-25(18-27)13-7-2-8-14-25/h3-4,9-10H,1-2,5-8,11-16H2,(H,28,30)(H,29,31). The number of amides is 2. The number of hydrogen-bond acceptors (Lipinski definition) is 7. The van der Waals surface area contributed by atoms with Crippen molar-refractivity contribution in [2.75, 3.05) is 12.4 Å². The Kier molecular flexibility index (Phi) is 8.95. The van der Waals surface area contributed by atoms with Crippen LogP contribution in [0.15, 0.2) is 29.2 Å². The maximum absolute atomic E-state index is 12.6. The third kappa shape index (κ3) is 6.74. The van der Waals surface area contributed by atoms with Crippen LogP contribution >= 0.6 is 11.8 Å². The lowest BCUT2D eigenvalue weighted by Crippen LogP contribution is -2.50. The van der Waals surface area contributed by atoms with Crippen molar-refractivity contribution in [3.8, 4) is 12.1 Å². The lowest BCUT2D eigenvalue weighted by Gasteiger charge is -2.31. The fourth-order valence-electron chi connectivity index (χ4n) is 4.56. The average Bonchev–Trinajstić information content (AvgIpc) is 2.87. The van der Waals surface area contributed by atoms with E-state index in [1.165, 1.54) is 11.8 Å². The monoisotopic (exact) mass is 482 g/mol. The summed E-state index contributed by atoms with van der Waals surface area (Å²) in [5.41, 5.74) is -1.43. The van der Waals surface area contributed by atoms with E-state index in [4.69, 9.17) is 4.74 Å². The Bertz CT molecular complexity index is 985. The maximum Gasteiger partial charge on any atom is 0.339 e. The van der Waals surface area contributed by atoms with Crippen molar-refractivity contribution in [2.45, 2.75) is 80.2 Å². The van der Waals surface area contributed by atoms with Crippen LogP contribution in [0.4, 0.5) is 0 Å². The molecule has 0 unspecified atom stereocenters. The molecule has 2 aliphatic rings. The fraction of sp³-hybridized carbons (Fsp3) is 0.560. The molecule has 0 atom stereocenters. The minimum Gasteiger partial charge on any atom is -0.452 e. The third-order valence-electron chi connectivity index (χ3n) is 6.40. The summed E-state index contributed by atoms with van der Waals surface area (Å²) in [6, 6.07) is 11.2. The molecule has 2 saturated carbocycles. The molecule has 0 spiro atoms. The van der Waals surface area contributed by atoms with E-state index in [1.54, 1.807) is 24.3 Å². The first-order valence-corrected chi connectivity index (χ1v) is 12.7. The Morgan fingerprint density at radius 2 is 1.38 bits per heavy atom. The number of nitriles is 2. The molecule has 9 heteroatoms. The van der Waals surface area contributed by atoms with Gasteiger partial charge in [0.05, 0.1) is 23.5 Å². The van der Waals surface area contributed by atoms with Crippen molar-refractivity contribution < 1.29 is 19.1 Å². The minimum absolute atomic E-state index is 0.0545. The van der Waals surface area contributed by atoms with Crippen molar-refractivity contribution >= 4 is 29.5 Å². The molecule has 0 radical (unpaired) electrons. The van der Waals surface area contributed by atoms with Crippen molar-refractivity contribution in [3.05, 3.63) is 29.8 Å². The summed E-state index contributed by atoms with van der Waals surface area (Å²) in [6.45, 7) is -0.480. The summed E-state index contributed by atoms with van der Waals surface area (Å²) in [4.78, 5) is 38.0. The molecule has 0 heterocycles. The fourth-order valence-corrected chi connectivity index (χ4v) is 5.40. The second-order valence-corrected chi connectivity index (χ2v) is 9.98. The van der Waals surface area contributed by atoms with Gasteiger partial charge in [0.1, 0.15) is 11.1 Å². The van der Waals surface area contributed by atoms with Crippen molar-refractivity contribution in [1.82, 2.24) is 10.6 Å². The van der Waals surface area contributed by atoms with Crippen LogP contribution in [0.25, 0.3) is 0 Å². The summed E-state index contributed by atoms with van der Waals surface area (Å²) in [7, 11) is 0. The minimum atomic E-state index is -0.887. The molecule has 1 aromatic rings. The number of ether oxygens (including phenoxy) is 1. The van der Waals surface area contributed by atoms with Gasteiger partial charge in [-0.2, -0.15) is 10.5 Å². The summed E-state index contributed by atoms with van der Waals surface area (Å²) in [5.74, 6) is -1.38. The second-order valence-electron chi connectivity index (χ2n) is 8.97. The highest BCUT2D eigenvalue weighted by Gasteiger charge is 2.34. The molecule has 2 aliphatic carbocycles. The Hall–Kier alpha value is -3.04. The molecule has 0 aliphatic heterocycles. The largest absolute Gasteiger partial charge is 0.452 e. The van der Waals surface area contributed by atoms with E-state index in [-0.39, 0.29) is 17.2 Å². The zero-order valence-corrected chi connectivity index (χ0v) is 20.0. The van der Waals surface area contributed by atoms with Gasteiger partial charge in [-0.3, -0.25) is 9.59 Å². The molecule has 2 amide bonds. The summed E-state index contributed by atoms with van der Waals surface area (Å²) < 4.78 is 5.21. The highest BCUT2D eigenvalue weighted by Crippen LogP contribution is 2.29. The smallest absolute Gasteiger partial charge is 0.339 e. The van der Waals surface area contributed by atoms with Crippen molar-refractivity contribution in [2.24, 2.45) is 0 Å². The molecular weight excluding hydrogens is 452 g/mol. The zero-order chi connectivity index (χ0) is 24.4. The molecule has 3 rings (SSSR count). The Labute approximate surface area is 204 Å². The molecule has 180 valence electrons. The highest BCUT2D eigenvalue weighted by atomic mass is 32.2. The number of esters is 1. The van der Waals surface area contributed by atoms with E-state index in [9.17, 15) is 24.9 Å². The number of benzene rings is 1. The average molecular weight is 483 g/mol. The van der Waals surface area contributed by atoms with Crippen LogP contribution in [-0.4, -0.2) is 41.2 Å². The lowest BCUT2D eigenvalue weighted by atomic mass is 9.83. The van der Waals surface area contributed by atoms with Crippen LogP contribution in [0.3, 0.4) is 0 Å². The van der Waals surface area contributed by atoms with Gasteiger partial charge in [-0.05, 0) is 37.8 Å². The van der Waals surface area contributed by atoms with Crippen LogP contribution in [0, 0.1) is 22.7 Å². The quantitative estimate of drug-likeness (QED) is 0.427. The molecule has 1 aromatic carbocycles. The van der Waals surface area contributed by atoms with Crippen LogP contribution < -0.4 is 10.6 Å². The third-order valence-corrected chi connectivity index (χ3v) is 7.47. The topological polar surface area (TPSA) is 132 Å². The van der Waals surface area contributed by atoms with Gasteiger partial charge >= 0.3 is 5.97 Å². The maximum atomic E-state index is 12.6. The van der Waals surface area contributed by atoms with Crippen LogP contribution in [-0.2, 0) is 14.3 Å². The van der Waals surface area contributed by atoms with Crippen molar-refractivity contribution in [1.29, 1.82) is 10.5 Å². The van der Waals surface area contributed by atoms with E-state index < -0.39 is 29.6 Å². The first-order chi connectivity index (χ1) is 16.4. The number of rotatable bonds is 8. The van der Waals surface area contributed by atoms with Gasteiger partial charge in [0.25, 0.3) is 5.91 Å². The molecule has 0 bridgehead atoms. The van der Waals surface area contributed by atoms with Gasteiger partial charge in [-0.15, -0.1) is 11.8 Å². The molecule has 2 fully saturated rings. The van der Waals surface area contributed by atoms with Gasteiger partial charge in [-0.1, -0.05) is 50.7 Å². The van der Waals surface area contributed by atoms with Crippen LogP contribution in [0.1, 0.15) is 74.6 Å². The first-order valence-electron chi connectivity index (χ1n) is 11.7. The molecule has 0 aromatic heterocycles. The summed E-state index contributed by atoms with van der Waals surface area (Å²) >= 11 is 1.18. The van der Waals surface area contributed by atoms with Gasteiger partial charge in [-0.25, -0.2) is 4.79 Å². The van der Waals surface area contributed by atoms with Gasteiger partial charge in [0.2, 0.25) is 5.91 Å². The zero-order valence-electron chi connectivity index (χ0n) is 19.2. The highest BCUT2D eigenvalue weighted by molar-refractivity contribution is 8.00. The van der Waals surface area contributed by atoms with Gasteiger partial charge in [0.15, 0.2) is 6.61 Å². The van der Waals surface area contributed by atoms with Gasteiger partial charge < -0.3 is 15.4 Å². The van der Waals surface area contributed by atoms with Crippen LogP contribution in [0.5, 0.6) is 0 Å². The molecule has 2 N–H and O–H groups in total. The van der Waals surface area contributed by atoms with E-state index in [2.05, 4.69) is 22.8 Å². The SMILES string of the molecule is N#CC1(NC(=O)COC(=O)c2ccccc2SCC(=O)NC2(C#N)CCCCC2)CCCCC1. The predicted octanol–water partition coefficient (Wildman–Crippen LogP) is 3.62. The van der Waals surface area contributed by atoms with Crippen LogP contribution in [0.2, 0.25) is 0 Å². The number of nitrogens with one attached hydrogen (secondary N) is 2. The predicted molar refractivity (Wildman–Crippen MR) is 127 cm³/mol. The van der Waals surface area contributed by atoms with E-state index >= 15 is 0 Å². The van der Waals surface area contributed by atoms with E-state index in [0.717, 1.165) is 38.5 Å². The molecular formula is C25H30N4O4S. The van der Waals surface area contributed by atoms with E-state index in [0.29, 0.717) is 30.6 Å². The number of thioether (sulfide) groups is 1. The Morgan fingerprint density at radius 1 is 0.853 bits per heavy atom. The molecule has 8 nitrogen and oxygen atoms in total. The van der Waals surface area contributed by atoms with E-state index in [1.807, 2.05) is 0 Å². The normalized spacial score (nSPS) is 18.5. The summed E-state index contributed by atoms with van der Waals surface area (Å²) in [5, 5.41) is 24.6. The summed E-state index contributed by atoms with van der Waals surface area (Å²) in [6.07, 6.45) is 8.18. The number of carbonyl (C=O) groups is 3.